The van der Waals surface area contributed by atoms with Gasteiger partial charge in [0.05, 0.1) is 12.1 Å². The van der Waals surface area contributed by atoms with E-state index in [0.29, 0.717) is 12.5 Å². The number of fused-ring (bicyclic) bond motifs is 2. The summed E-state index contributed by atoms with van der Waals surface area (Å²) in [5.41, 5.74) is 5.23. The van der Waals surface area contributed by atoms with Crippen LogP contribution in [0.15, 0.2) is 30.6 Å². The van der Waals surface area contributed by atoms with Crippen LogP contribution in [0.3, 0.4) is 0 Å². The minimum absolute atomic E-state index is 0.336. The third-order valence-corrected chi connectivity index (χ3v) is 7.47. The molecular formula is C24H28FN5S. The molecule has 0 radical (unpaired) electrons. The van der Waals surface area contributed by atoms with Gasteiger partial charge in [0.25, 0.3) is 0 Å². The van der Waals surface area contributed by atoms with Crippen LogP contribution in [0.5, 0.6) is 0 Å². The number of aromatic amines is 1. The predicted octanol–water partition coefficient (Wildman–Crippen LogP) is 5.38. The third-order valence-electron chi connectivity index (χ3n) is 6.36. The molecule has 5 rings (SSSR count). The van der Waals surface area contributed by atoms with Gasteiger partial charge in [-0.25, -0.2) is 9.97 Å². The lowest BCUT2D eigenvalue weighted by Gasteiger charge is -2.33. The minimum atomic E-state index is -0.336. The fraction of sp³-hybridized carbons (Fsp3) is 0.417. The van der Waals surface area contributed by atoms with E-state index in [2.05, 4.69) is 57.2 Å². The summed E-state index contributed by atoms with van der Waals surface area (Å²) in [5, 5.41) is 5.99. The molecule has 5 nitrogen and oxygen atoms in total. The molecule has 0 aliphatic carbocycles. The Balaban J connectivity index is 1.23. The maximum atomic E-state index is 12.7. The van der Waals surface area contributed by atoms with Gasteiger partial charge in [-0.3, -0.25) is 9.29 Å². The topological polar surface area (TPSA) is 56.8 Å². The normalized spacial score (nSPS) is 15.8. The smallest absolute Gasteiger partial charge is 0.138 e. The summed E-state index contributed by atoms with van der Waals surface area (Å²) in [4.78, 5) is 16.8. The molecular weight excluding hydrogens is 409 g/mol. The van der Waals surface area contributed by atoms with Crippen molar-refractivity contribution in [1.29, 1.82) is 0 Å². The number of piperidine rings is 1. The average molecular weight is 438 g/mol. The number of aromatic nitrogens is 3. The number of benzene rings is 1. The largest absolute Gasteiger partial charge is 0.367 e. The van der Waals surface area contributed by atoms with Crippen molar-refractivity contribution in [2.75, 3.05) is 25.1 Å². The molecule has 7 heteroatoms. The highest BCUT2D eigenvalue weighted by atomic mass is 32.1. The first-order chi connectivity index (χ1) is 15.1. The Bertz CT molecular complexity index is 1210. The lowest BCUT2D eigenvalue weighted by atomic mass is 10.0. The number of nitrogens with zero attached hydrogens (tertiary/aromatic N) is 3. The molecule has 0 unspecified atom stereocenters. The Morgan fingerprint density at radius 3 is 2.81 bits per heavy atom. The van der Waals surface area contributed by atoms with Crippen LogP contribution >= 0.6 is 11.3 Å². The number of rotatable bonds is 6. The van der Waals surface area contributed by atoms with Crippen molar-refractivity contribution in [3.8, 4) is 0 Å². The van der Waals surface area contributed by atoms with E-state index >= 15 is 0 Å². The number of hydrogen-bond donors (Lipinski definition) is 2. The SMILES string of the molecule is Cc1cc2c(C)c(CN3CCC(Nc4ncnc5sc(CCF)cc45)CC3)ccc2[nH]1. The van der Waals surface area contributed by atoms with E-state index in [9.17, 15) is 4.39 Å². The second-order valence-electron chi connectivity index (χ2n) is 8.55. The summed E-state index contributed by atoms with van der Waals surface area (Å²) < 4.78 is 12.7. The number of anilines is 1. The van der Waals surface area contributed by atoms with Gasteiger partial charge in [0.15, 0.2) is 0 Å². The molecule has 1 aromatic carbocycles. The van der Waals surface area contributed by atoms with Gasteiger partial charge in [0.1, 0.15) is 17.0 Å². The molecule has 0 atom stereocenters. The summed E-state index contributed by atoms with van der Waals surface area (Å²) in [6.07, 6.45) is 4.22. The van der Waals surface area contributed by atoms with Crippen LogP contribution < -0.4 is 5.32 Å². The fourth-order valence-electron chi connectivity index (χ4n) is 4.61. The molecule has 162 valence electrons. The zero-order valence-electron chi connectivity index (χ0n) is 18.0. The minimum Gasteiger partial charge on any atom is -0.367 e. The van der Waals surface area contributed by atoms with Gasteiger partial charge in [-0.15, -0.1) is 11.3 Å². The molecule has 0 amide bonds. The van der Waals surface area contributed by atoms with Crippen LogP contribution in [-0.2, 0) is 13.0 Å². The van der Waals surface area contributed by atoms with E-state index in [4.69, 9.17) is 0 Å². The highest BCUT2D eigenvalue weighted by Crippen LogP contribution is 2.30. The maximum Gasteiger partial charge on any atom is 0.138 e. The van der Waals surface area contributed by atoms with Crippen molar-refractivity contribution < 1.29 is 4.39 Å². The van der Waals surface area contributed by atoms with E-state index < -0.39 is 0 Å². The molecule has 0 saturated carbocycles. The lowest BCUT2D eigenvalue weighted by molar-refractivity contribution is 0.211. The van der Waals surface area contributed by atoms with Crippen molar-refractivity contribution in [1.82, 2.24) is 19.9 Å². The summed E-state index contributed by atoms with van der Waals surface area (Å²) in [6.45, 7) is 7.13. The number of H-pyrrole nitrogens is 1. The second-order valence-corrected chi connectivity index (χ2v) is 9.67. The maximum absolute atomic E-state index is 12.7. The van der Waals surface area contributed by atoms with Crippen molar-refractivity contribution in [2.24, 2.45) is 0 Å². The van der Waals surface area contributed by atoms with Crippen LogP contribution in [-0.4, -0.2) is 45.7 Å². The van der Waals surface area contributed by atoms with Gasteiger partial charge in [-0.05, 0) is 56.0 Å². The van der Waals surface area contributed by atoms with Crippen LogP contribution in [0.1, 0.15) is 34.5 Å². The molecule has 4 aromatic rings. The standard InChI is InChI=1S/C24H28FN5S/c1-15-11-20-16(2)17(3-4-22(20)28-15)13-30-9-6-18(7-10-30)29-23-21-12-19(5-8-25)31-24(21)27-14-26-23/h3-4,11-12,14,18,28H,5-10,13H2,1-2H3,(H,26,27,29). The van der Waals surface area contributed by atoms with Gasteiger partial charge >= 0.3 is 0 Å². The number of halogens is 1. The fourth-order valence-corrected chi connectivity index (χ4v) is 5.58. The molecule has 1 aliphatic rings. The first kappa shape index (κ1) is 20.4. The highest BCUT2D eigenvalue weighted by molar-refractivity contribution is 7.18. The Hall–Kier alpha value is -2.51. The Morgan fingerprint density at radius 1 is 1.16 bits per heavy atom. The molecule has 4 heterocycles. The van der Waals surface area contributed by atoms with Crippen molar-refractivity contribution in [3.05, 3.63) is 52.3 Å². The van der Waals surface area contributed by atoms with E-state index in [0.717, 1.165) is 53.4 Å². The van der Waals surface area contributed by atoms with Crippen molar-refractivity contribution >= 4 is 38.3 Å². The van der Waals surface area contributed by atoms with Crippen molar-refractivity contribution in [3.63, 3.8) is 0 Å². The van der Waals surface area contributed by atoms with Gasteiger partial charge in [-0.1, -0.05) is 6.07 Å². The lowest BCUT2D eigenvalue weighted by Crippen LogP contribution is -2.38. The van der Waals surface area contributed by atoms with Gasteiger partial charge < -0.3 is 10.3 Å². The molecule has 0 spiro atoms. The number of hydrogen-bond acceptors (Lipinski definition) is 5. The number of alkyl halides is 1. The van der Waals surface area contributed by atoms with E-state index in [1.165, 1.54) is 27.7 Å². The molecule has 1 saturated heterocycles. The second kappa shape index (κ2) is 8.55. The molecule has 2 N–H and O–H groups in total. The predicted molar refractivity (Wildman–Crippen MR) is 127 cm³/mol. The van der Waals surface area contributed by atoms with Gasteiger partial charge in [0, 0.05) is 53.6 Å². The average Bonchev–Trinajstić information content (AvgIpc) is 3.35. The van der Waals surface area contributed by atoms with Gasteiger partial charge in [0.2, 0.25) is 0 Å². The number of aryl methyl sites for hydroxylation is 3. The summed E-state index contributed by atoms with van der Waals surface area (Å²) >= 11 is 1.56. The molecule has 1 fully saturated rings. The third kappa shape index (κ3) is 4.16. The van der Waals surface area contributed by atoms with Crippen LogP contribution in [0, 0.1) is 13.8 Å². The van der Waals surface area contributed by atoms with Crippen molar-refractivity contribution in [2.45, 2.75) is 45.7 Å². The number of likely N-dealkylation sites (tertiary alicyclic amines) is 1. The molecule has 0 bridgehead atoms. The first-order valence-corrected chi connectivity index (χ1v) is 11.8. The zero-order chi connectivity index (χ0) is 21.4. The Morgan fingerprint density at radius 2 is 2.00 bits per heavy atom. The van der Waals surface area contributed by atoms with E-state index in [-0.39, 0.29) is 6.67 Å². The van der Waals surface area contributed by atoms with E-state index in [1.807, 2.05) is 6.07 Å². The van der Waals surface area contributed by atoms with Crippen LogP contribution in [0.4, 0.5) is 10.2 Å². The van der Waals surface area contributed by atoms with Gasteiger partial charge in [-0.2, -0.15) is 0 Å². The van der Waals surface area contributed by atoms with Crippen LogP contribution in [0.25, 0.3) is 21.1 Å². The summed E-state index contributed by atoms with van der Waals surface area (Å²) in [7, 11) is 0. The number of nitrogens with one attached hydrogen (secondary N) is 2. The highest BCUT2D eigenvalue weighted by Gasteiger charge is 2.21. The summed E-state index contributed by atoms with van der Waals surface area (Å²) in [5.74, 6) is 0.883. The molecule has 31 heavy (non-hydrogen) atoms. The summed E-state index contributed by atoms with van der Waals surface area (Å²) in [6, 6.07) is 9.16. The van der Waals surface area contributed by atoms with E-state index in [1.54, 1.807) is 17.7 Å². The Kier molecular flexibility index (Phi) is 5.63. The molecule has 3 aromatic heterocycles. The number of thiophene rings is 1. The van der Waals surface area contributed by atoms with Crippen LogP contribution in [0.2, 0.25) is 0 Å². The first-order valence-electron chi connectivity index (χ1n) is 11.0. The Labute approximate surface area is 185 Å². The zero-order valence-corrected chi connectivity index (χ0v) is 18.9. The molecule has 1 aliphatic heterocycles. The monoisotopic (exact) mass is 437 g/mol. The quantitative estimate of drug-likeness (QED) is 0.425.